The van der Waals surface area contributed by atoms with Crippen LogP contribution in [0.1, 0.15) is 12.5 Å². The molecule has 0 aromatic heterocycles. The topological polar surface area (TPSA) is 49.9 Å². The molecule has 1 fully saturated rings. The first-order valence-electron chi connectivity index (χ1n) is 7.57. The minimum absolute atomic E-state index is 0.0362. The van der Waals surface area contributed by atoms with E-state index in [1.165, 1.54) is 0 Å². The number of nitrogens with zero attached hydrogens (tertiary/aromatic N) is 2. The van der Waals surface area contributed by atoms with Crippen molar-refractivity contribution in [1.82, 2.24) is 9.80 Å². The van der Waals surface area contributed by atoms with Gasteiger partial charge >= 0.3 is 0 Å². The average molecular weight is 314 g/mol. The third-order valence-electron chi connectivity index (χ3n) is 3.78. The van der Waals surface area contributed by atoms with Crippen molar-refractivity contribution in [2.45, 2.75) is 6.92 Å². The number of piperazine rings is 1. The second-order valence-electron chi connectivity index (χ2n) is 5.50. The minimum Gasteiger partial charge on any atom is -0.497 e. The predicted octanol–water partition coefficient (Wildman–Crippen LogP) is 1.96. The van der Waals surface area contributed by atoms with E-state index in [0.717, 1.165) is 11.3 Å². The van der Waals surface area contributed by atoms with Gasteiger partial charge in [0, 0.05) is 37.8 Å². The fourth-order valence-electron chi connectivity index (χ4n) is 2.39. The van der Waals surface area contributed by atoms with Gasteiger partial charge in [0.15, 0.2) is 0 Å². The third-order valence-corrected chi connectivity index (χ3v) is 3.78. The van der Waals surface area contributed by atoms with E-state index in [9.17, 15) is 9.59 Å². The summed E-state index contributed by atoms with van der Waals surface area (Å²) in [5.41, 5.74) is 1.47. The first-order chi connectivity index (χ1) is 11.0. The van der Waals surface area contributed by atoms with Crippen LogP contribution >= 0.6 is 0 Å². The molecule has 0 aliphatic carbocycles. The van der Waals surface area contributed by atoms with Crippen LogP contribution in [-0.4, -0.2) is 54.9 Å². The van der Waals surface area contributed by atoms with Gasteiger partial charge in [-0.25, -0.2) is 0 Å². The molecule has 5 heteroatoms. The van der Waals surface area contributed by atoms with E-state index in [-0.39, 0.29) is 11.8 Å². The molecule has 0 spiro atoms. The molecular weight excluding hydrogens is 292 g/mol. The highest BCUT2D eigenvalue weighted by Crippen LogP contribution is 2.13. The molecule has 1 aliphatic rings. The van der Waals surface area contributed by atoms with Crippen molar-refractivity contribution in [3.8, 4) is 5.75 Å². The third kappa shape index (κ3) is 4.45. The highest BCUT2D eigenvalue weighted by atomic mass is 16.5. The number of benzene rings is 1. The smallest absolute Gasteiger partial charge is 0.249 e. The summed E-state index contributed by atoms with van der Waals surface area (Å²) >= 11 is 0. The van der Waals surface area contributed by atoms with E-state index in [1.54, 1.807) is 36.0 Å². The lowest BCUT2D eigenvalue weighted by Crippen LogP contribution is -2.50. The summed E-state index contributed by atoms with van der Waals surface area (Å²) in [6.07, 6.45) is 3.35. The molecule has 1 heterocycles. The van der Waals surface area contributed by atoms with E-state index in [2.05, 4.69) is 6.58 Å². The molecule has 1 aliphatic heterocycles. The largest absolute Gasteiger partial charge is 0.497 e. The Hall–Kier alpha value is -2.56. The number of ether oxygens (including phenoxy) is 1. The molecule has 23 heavy (non-hydrogen) atoms. The first-order valence-corrected chi connectivity index (χ1v) is 7.57. The zero-order chi connectivity index (χ0) is 16.8. The molecule has 0 atom stereocenters. The van der Waals surface area contributed by atoms with Crippen LogP contribution in [0.25, 0.3) is 6.08 Å². The van der Waals surface area contributed by atoms with Crippen LogP contribution in [0.3, 0.4) is 0 Å². The average Bonchev–Trinajstić information content (AvgIpc) is 2.59. The van der Waals surface area contributed by atoms with Crippen LogP contribution in [0.2, 0.25) is 0 Å². The number of carbonyl (C=O) groups is 2. The van der Waals surface area contributed by atoms with E-state index in [0.29, 0.717) is 31.8 Å². The number of rotatable bonds is 4. The fourth-order valence-corrected chi connectivity index (χ4v) is 2.39. The molecule has 1 aromatic carbocycles. The molecule has 2 rings (SSSR count). The summed E-state index contributed by atoms with van der Waals surface area (Å²) in [4.78, 5) is 27.5. The quantitative estimate of drug-likeness (QED) is 0.798. The second-order valence-corrected chi connectivity index (χ2v) is 5.50. The lowest BCUT2D eigenvalue weighted by Gasteiger charge is -2.34. The Kier molecular flexibility index (Phi) is 5.57. The van der Waals surface area contributed by atoms with Crippen LogP contribution in [0, 0.1) is 0 Å². The number of hydrogen-bond acceptors (Lipinski definition) is 3. The maximum absolute atomic E-state index is 12.2. The fraction of sp³-hybridized carbons (Fsp3) is 0.333. The van der Waals surface area contributed by atoms with E-state index in [1.807, 2.05) is 24.3 Å². The van der Waals surface area contributed by atoms with Crippen LogP contribution in [0.15, 0.2) is 42.5 Å². The van der Waals surface area contributed by atoms with Gasteiger partial charge in [0.2, 0.25) is 11.8 Å². The standard InChI is InChI=1S/C18H22N2O3/c1-14(2)18(22)20-12-10-19(11-13-20)17(21)9-6-15-4-7-16(23-3)8-5-15/h4-9H,1,10-13H2,2-3H3/b9-6+. The van der Waals surface area contributed by atoms with Crippen LogP contribution < -0.4 is 4.74 Å². The summed E-state index contributed by atoms with van der Waals surface area (Å²) in [5, 5.41) is 0. The zero-order valence-corrected chi connectivity index (χ0v) is 13.6. The molecule has 0 radical (unpaired) electrons. The Bertz CT molecular complexity index is 612. The Morgan fingerprint density at radius 3 is 2.17 bits per heavy atom. The van der Waals surface area contributed by atoms with E-state index >= 15 is 0 Å². The minimum atomic E-state index is -0.0387. The highest BCUT2D eigenvalue weighted by molar-refractivity contribution is 5.93. The number of amides is 2. The Labute approximate surface area is 136 Å². The number of hydrogen-bond donors (Lipinski definition) is 0. The zero-order valence-electron chi connectivity index (χ0n) is 13.6. The van der Waals surface area contributed by atoms with Gasteiger partial charge in [0.05, 0.1) is 7.11 Å². The Balaban J connectivity index is 1.88. The second kappa shape index (κ2) is 7.63. The normalized spacial score (nSPS) is 14.9. The molecular formula is C18H22N2O3. The molecule has 0 unspecified atom stereocenters. The van der Waals surface area contributed by atoms with Crippen molar-refractivity contribution in [2.75, 3.05) is 33.3 Å². The van der Waals surface area contributed by atoms with Crippen molar-refractivity contribution >= 4 is 17.9 Å². The van der Waals surface area contributed by atoms with Gasteiger partial charge in [0.25, 0.3) is 0 Å². The van der Waals surface area contributed by atoms with E-state index < -0.39 is 0 Å². The summed E-state index contributed by atoms with van der Waals surface area (Å²) < 4.78 is 5.10. The van der Waals surface area contributed by atoms with Gasteiger partial charge < -0.3 is 14.5 Å². The summed E-state index contributed by atoms with van der Waals surface area (Å²) in [6.45, 7) is 7.57. The van der Waals surface area contributed by atoms with Crippen molar-refractivity contribution in [2.24, 2.45) is 0 Å². The molecule has 1 aromatic rings. The van der Waals surface area contributed by atoms with Crippen LogP contribution in [-0.2, 0) is 9.59 Å². The highest BCUT2D eigenvalue weighted by Gasteiger charge is 2.23. The summed E-state index contributed by atoms with van der Waals surface area (Å²) in [5.74, 6) is 0.709. The molecule has 5 nitrogen and oxygen atoms in total. The molecule has 1 saturated heterocycles. The SMILES string of the molecule is C=C(C)C(=O)N1CCN(C(=O)/C=C/c2ccc(OC)cc2)CC1. The van der Waals surface area contributed by atoms with Crippen molar-refractivity contribution in [1.29, 1.82) is 0 Å². The molecule has 2 amide bonds. The molecule has 122 valence electrons. The van der Waals surface area contributed by atoms with Crippen LogP contribution in [0.5, 0.6) is 5.75 Å². The lowest BCUT2D eigenvalue weighted by atomic mass is 10.2. The van der Waals surface area contributed by atoms with Gasteiger partial charge in [-0.15, -0.1) is 0 Å². The Morgan fingerprint density at radius 2 is 1.65 bits per heavy atom. The summed E-state index contributed by atoms with van der Waals surface area (Å²) in [7, 11) is 1.62. The van der Waals surface area contributed by atoms with Crippen molar-refractivity contribution in [3.05, 3.63) is 48.1 Å². The Morgan fingerprint density at radius 1 is 1.09 bits per heavy atom. The number of carbonyl (C=O) groups excluding carboxylic acids is 2. The monoisotopic (exact) mass is 314 g/mol. The maximum Gasteiger partial charge on any atom is 0.249 e. The van der Waals surface area contributed by atoms with Gasteiger partial charge in [-0.2, -0.15) is 0 Å². The lowest BCUT2D eigenvalue weighted by molar-refractivity contribution is -0.134. The van der Waals surface area contributed by atoms with Gasteiger partial charge in [-0.1, -0.05) is 18.7 Å². The van der Waals surface area contributed by atoms with Crippen molar-refractivity contribution in [3.63, 3.8) is 0 Å². The maximum atomic E-state index is 12.2. The summed E-state index contributed by atoms with van der Waals surface area (Å²) in [6, 6.07) is 7.50. The van der Waals surface area contributed by atoms with Gasteiger partial charge in [0.1, 0.15) is 5.75 Å². The molecule has 0 saturated carbocycles. The van der Waals surface area contributed by atoms with Crippen LogP contribution in [0.4, 0.5) is 0 Å². The van der Waals surface area contributed by atoms with E-state index in [4.69, 9.17) is 4.74 Å². The molecule has 0 bridgehead atoms. The predicted molar refractivity (Wildman–Crippen MR) is 90.0 cm³/mol. The van der Waals surface area contributed by atoms with Crippen molar-refractivity contribution < 1.29 is 14.3 Å². The van der Waals surface area contributed by atoms with Gasteiger partial charge in [-0.3, -0.25) is 9.59 Å². The molecule has 0 N–H and O–H groups in total. The number of methoxy groups -OCH3 is 1. The van der Waals surface area contributed by atoms with Gasteiger partial charge in [-0.05, 0) is 30.7 Å². The first kappa shape index (κ1) is 16.8.